The summed E-state index contributed by atoms with van der Waals surface area (Å²) in [5.41, 5.74) is 5.05. The third-order valence-electron chi connectivity index (χ3n) is 6.51. The van der Waals surface area contributed by atoms with Crippen molar-refractivity contribution in [3.05, 3.63) is 89.5 Å². The first kappa shape index (κ1) is 25.0. The smallest absolute Gasteiger partial charge is 0.232 e. The number of aromatic amines is 1. The molecule has 3 aromatic carbocycles. The zero-order chi connectivity index (χ0) is 25.8. The van der Waals surface area contributed by atoms with Crippen molar-refractivity contribution in [3.8, 4) is 5.88 Å². The van der Waals surface area contributed by atoms with E-state index in [0.29, 0.717) is 27.9 Å². The minimum absolute atomic E-state index is 0.0246. The summed E-state index contributed by atoms with van der Waals surface area (Å²) >= 11 is 0. The number of nitrogens with zero attached hydrogens (tertiary/aromatic N) is 2. The Morgan fingerprint density at radius 3 is 2.46 bits per heavy atom. The van der Waals surface area contributed by atoms with Crippen LogP contribution in [0.25, 0.3) is 10.9 Å². The number of aromatic nitrogens is 1. The minimum atomic E-state index is -3.44. The zero-order valence-electron chi connectivity index (χ0n) is 20.7. The number of fused-ring (bicyclic) bond motifs is 1. The van der Waals surface area contributed by atoms with Crippen LogP contribution in [0.15, 0.2) is 77.8 Å². The van der Waals surface area contributed by atoms with Gasteiger partial charge in [0, 0.05) is 54.9 Å². The second-order valence-corrected chi connectivity index (χ2v) is 11.1. The summed E-state index contributed by atoms with van der Waals surface area (Å²) in [6, 6.07) is 23.0. The van der Waals surface area contributed by atoms with Crippen molar-refractivity contribution in [2.45, 2.75) is 13.5 Å². The molecule has 0 unspecified atom stereocenters. The second kappa shape index (κ2) is 10.8. The lowest BCUT2D eigenvalue weighted by Gasteiger charge is -2.27. The van der Waals surface area contributed by atoms with E-state index in [1.165, 1.54) is 5.56 Å². The molecule has 0 radical (unpaired) electrons. The molecular weight excluding hydrogens is 486 g/mol. The number of aromatic hydroxyl groups is 1. The molecule has 0 atom stereocenters. The molecule has 9 heteroatoms. The van der Waals surface area contributed by atoms with Gasteiger partial charge in [-0.3, -0.25) is 9.62 Å². The van der Waals surface area contributed by atoms with Gasteiger partial charge in [-0.05, 0) is 42.8 Å². The molecule has 1 aliphatic rings. The third-order valence-corrected chi connectivity index (χ3v) is 7.82. The van der Waals surface area contributed by atoms with Crippen molar-refractivity contribution in [2.24, 2.45) is 4.99 Å². The van der Waals surface area contributed by atoms with Gasteiger partial charge >= 0.3 is 0 Å². The molecule has 1 aliphatic heterocycles. The molecule has 0 bridgehead atoms. The Morgan fingerprint density at radius 1 is 1.03 bits per heavy atom. The fourth-order valence-electron chi connectivity index (χ4n) is 4.53. The normalized spacial score (nSPS) is 15.2. The maximum atomic E-state index is 12.1. The van der Waals surface area contributed by atoms with E-state index in [1.807, 2.05) is 42.5 Å². The Labute approximate surface area is 217 Å². The topological polar surface area (TPSA) is 110 Å². The first-order valence-electron chi connectivity index (χ1n) is 12.4. The molecule has 5 rings (SSSR count). The quantitative estimate of drug-likeness (QED) is 0.262. The van der Waals surface area contributed by atoms with Crippen molar-refractivity contribution in [1.82, 2.24) is 15.2 Å². The standard InChI is InChI=1S/C28H31N5O3S/c1-2-37(35,36)32-23-12-13-25-24(18-23)26(28(34)31-25)27(21-6-4-3-5-7-21)30-22-10-8-20(9-11-22)19-33-16-14-29-15-17-33/h3-13,18,29,31-32,34H,2,14-17,19H2,1H3. The van der Waals surface area contributed by atoms with Crippen molar-refractivity contribution < 1.29 is 13.5 Å². The predicted molar refractivity (Wildman–Crippen MR) is 149 cm³/mol. The van der Waals surface area contributed by atoms with Crippen molar-refractivity contribution in [1.29, 1.82) is 0 Å². The lowest BCUT2D eigenvalue weighted by Crippen LogP contribution is -2.42. The van der Waals surface area contributed by atoms with Crippen LogP contribution in [0.1, 0.15) is 23.6 Å². The lowest BCUT2D eigenvalue weighted by atomic mass is 10.0. The van der Waals surface area contributed by atoms with Crippen LogP contribution in [0.4, 0.5) is 11.4 Å². The van der Waals surface area contributed by atoms with Crippen LogP contribution < -0.4 is 10.0 Å². The summed E-state index contributed by atoms with van der Waals surface area (Å²) in [6.07, 6.45) is 0. The van der Waals surface area contributed by atoms with Crippen LogP contribution in [0.2, 0.25) is 0 Å². The molecular formula is C28H31N5O3S. The van der Waals surface area contributed by atoms with Crippen molar-refractivity contribution in [2.75, 3.05) is 36.7 Å². The maximum absolute atomic E-state index is 12.1. The number of nitrogens with one attached hydrogen (secondary N) is 3. The third kappa shape index (κ3) is 5.85. The number of rotatable bonds is 8. The minimum Gasteiger partial charge on any atom is -0.494 e. The molecule has 0 aliphatic carbocycles. The van der Waals surface area contributed by atoms with Gasteiger partial charge in [0.1, 0.15) is 0 Å². The Morgan fingerprint density at radius 2 is 1.76 bits per heavy atom. The van der Waals surface area contributed by atoms with Crippen LogP contribution in [0, 0.1) is 0 Å². The predicted octanol–water partition coefficient (Wildman–Crippen LogP) is 4.21. The molecule has 2 heterocycles. The number of sulfonamides is 1. The summed E-state index contributed by atoms with van der Waals surface area (Å²) in [7, 11) is -3.44. The molecule has 4 aromatic rings. The molecule has 4 N–H and O–H groups in total. The molecule has 1 fully saturated rings. The average Bonchev–Trinajstić information content (AvgIpc) is 3.24. The Bertz CT molecular complexity index is 1510. The van der Waals surface area contributed by atoms with E-state index in [4.69, 9.17) is 4.99 Å². The lowest BCUT2D eigenvalue weighted by molar-refractivity contribution is 0.233. The Hall–Kier alpha value is -3.66. The first-order valence-corrected chi connectivity index (χ1v) is 14.1. The van der Waals surface area contributed by atoms with E-state index in [2.05, 4.69) is 32.1 Å². The van der Waals surface area contributed by atoms with Crippen molar-refractivity contribution in [3.63, 3.8) is 0 Å². The number of H-pyrrole nitrogens is 1. The molecule has 0 spiro atoms. The molecule has 0 saturated carbocycles. The average molecular weight is 518 g/mol. The van der Waals surface area contributed by atoms with Gasteiger partial charge in [-0.1, -0.05) is 42.5 Å². The van der Waals surface area contributed by atoms with E-state index >= 15 is 0 Å². The summed E-state index contributed by atoms with van der Waals surface area (Å²) in [6.45, 7) is 6.58. The fraction of sp³-hybridized carbons (Fsp3) is 0.250. The number of benzene rings is 3. The number of piperazine rings is 1. The van der Waals surface area contributed by atoms with Gasteiger partial charge in [0.25, 0.3) is 0 Å². The van der Waals surface area contributed by atoms with Crippen LogP contribution in [0.5, 0.6) is 5.88 Å². The van der Waals surface area contributed by atoms with Gasteiger partial charge in [-0.15, -0.1) is 0 Å². The van der Waals surface area contributed by atoms with Gasteiger partial charge in [0.05, 0.1) is 22.7 Å². The molecule has 8 nitrogen and oxygen atoms in total. The number of anilines is 1. The largest absolute Gasteiger partial charge is 0.494 e. The van der Waals surface area contributed by atoms with E-state index in [1.54, 1.807) is 25.1 Å². The van der Waals surface area contributed by atoms with E-state index in [-0.39, 0.29) is 11.6 Å². The molecule has 1 saturated heterocycles. The van der Waals surface area contributed by atoms with E-state index < -0.39 is 10.0 Å². The summed E-state index contributed by atoms with van der Waals surface area (Å²) in [4.78, 5) is 10.4. The number of hydrogen-bond donors (Lipinski definition) is 4. The fourth-order valence-corrected chi connectivity index (χ4v) is 5.16. The highest BCUT2D eigenvalue weighted by Gasteiger charge is 2.20. The van der Waals surface area contributed by atoms with Crippen LogP contribution in [0.3, 0.4) is 0 Å². The first-order chi connectivity index (χ1) is 17.9. The number of hydrogen-bond acceptors (Lipinski definition) is 6. The van der Waals surface area contributed by atoms with Crippen LogP contribution in [-0.4, -0.2) is 61.1 Å². The maximum Gasteiger partial charge on any atom is 0.232 e. The second-order valence-electron chi connectivity index (χ2n) is 9.13. The van der Waals surface area contributed by atoms with E-state index in [0.717, 1.165) is 44.0 Å². The zero-order valence-corrected chi connectivity index (χ0v) is 21.6. The molecule has 37 heavy (non-hydrogen) atoms. The van der Waals surface area contributed by atoms with Gasteiger partial charge in [0.2, 0.25) is 10.0 Å². The highest BCUT2D eigenvalue weighted by atomic mass is 32.2. The van der Waals surface area contributed by atoms with Gasteiger partial charge in [-0.2, -0.15) is 0 Å². The molecule has 1 aromatic heterocycles. The highest BCUT2D eigenvalue weighted by molar-refractivity contribution is 7.92. The highest BCUT2D eigenvalue weighted by Crippen LogP contribution is 2.33. The Kier molecular flexibility index (Phi) is 7.27. The van der Waals surface area contributed by atoms with E-state index in [9.17, 15) is 13.5 Å². The Balaban J connectivity index is 1.55. The van der Waals surface area contributed by atoms with Gasteiger partial charge in [-0.25, -0.2) is 13.4 Å². The molecule has 192 valence electrons. The SMILES string of the molecule is CCS(=O)(=O)Nc1ccc2[nH]c(O)c(C(=Nc3ccc(CN4CCNCC4)cc3)c3ccccc3)c2c1. The van der Waals surface area contributed by atoms with Crippen molar-refractivity contribution >= 4 is 38.0 Å². The summed E-state index contributed by atoms with van der Waals surface area (Å²) in [5, 5.41) is 15.0. The van der Waals surface area contributed by atoms with Gasteiger partial charge < -0.3 is 15.4 Å². The summed E-state index contributed by atoms with van der Waals surface area (Å²) in [5.74, 6) is -0.0547. The monoisotopic (exact) mass is 517 g/mol. The summed E-state index contributed by atoms with van der Waals surface area (Å²) < 4.78 is 26.9. The van der Waals surface area contributed by atoms with Gasteiger partial charge in [0.15, 0.2) is 5.88 Å². The van der Waals surface area contributed by atoms with Crippen LogP contribution in [-0.2, 0) is 16.6 Å². The molecule has 0 amide bonds. The van der Waals surface area contributed by atoms with Crippen LogP contribution >= 0.6 is 0 Å². The number of aliphatic imine (C=N–C) groups is 1.